The van der Waals surface area contributed by atoms with Crippen LogP contribution in [-0.2, 0) is 11.3 Å². The van der Waals surface area contributed by atoms with Crippen molar-refractivity contribution in [2.24, 2.45) is 0 Å². The summed E-state index contributed by atoms with van der Waals surface area (Å²) in [4.78, 5) is 32.2. The summed E-state index contributed by atoms with van der Waals surface area (Å²) in [6.45, 7) is 0.345. The van der Waals surface area contributed by atoms with E-state index < -0.39 is 5.92 Å². The quantitative estimate of drug-likeness (QED) is 0.765. The molecule has 5 heteroatoms. The first kappa shape index (κ1) is 17.9. The van der Waals surface area contributed by atoms with Crippen molar-refractivity contribution in [2.45, 2.75) is 18.5 Å². The highest BCUT2D eigenvalue weighted by Crippen LogP contribution is 2.41. The second-order valence-electron chi connectivity index (χ2n) is 6.88. The van der Waals surface area contributed by atoms with Gasteiger partial charge in [-0.25, -0.2) is 0 Å². The highest BCUT2D eigenvalue weighted by Gasteiger charge is 2.42. The van der Waals surface area contributed by atoms with E-state index in [0.717, 1.165) is 16.8 Å². The van der Waals surface area contributed by atoms with Crippen LogP contribution in [0.15, 0.2) is 79.0 Å². The second kappa shape index (κ2) is 7.64. The number of aromatic nitrogens is 1. The van der Waals surface area contributed by atoms with E-state index in [0.29, 0.717) is 12.1 Å². The number of rotatable bonds is 4. The van der Waals surface area contributed by atoms with Gasteiger partial charge in [-0.3, -0.25) is 14.6 Å². The molecule has 4 rings (SSSR count). The molecule has 0 radical (unpaired) electrons. The molecule has 2 atom stereocenters. The van der Waals surface area contributed by atoms with Crippen LogP contribution >= 0.6 is 0 Å². The fraction of sp³-hybridized carbons (Fsp3) is 0.174. The van der Waals surface area contributed by atoms with Crippen LogP contribution in [0, 0.1) is 0 Å². The van der Waals surface area contributed by atoms with Crippen LogP contribution in [0.5, 0.6) is 0 Å². The van der Waals surface area contributed by atoms with Gasteiger partial charge in [0.25, 0.3) is 5.91 Å². The van der Waals surface area contributed by atoms with E-state index in [9.17, 15) is 9.59 Å². The summed E-state index contributed by atoms with van der Waals surface area (Å²) in [6, 6.07) is 22.3. The first-order valence-corrected chi connectivity index (χ1v) is 9.25. The fourth-order valence-electron chi connectivity index (χ4n) is 3.81. The van der Waals surface area contributed by atoms with Crippen LogP contribution in [0.2, 0.25) is 0 Å². The topological polar surface area (TPSA) is 62.3 Å². The molecule has 1 N–H and O–H groups in total. The molecule has 140 valence electrons. The average molecular weight is 371 g/mol. The summed E-state index contributed by atoms with van der Waals surface area (Å²) in [5.74, 6) is -0.686. The SMILES string of the molecule is CN1C(=O)c2ccccc2[C@H](C(=O)NCc2ccccn2)[C@H]1c1ccccc1. The third-order valence-electron chi connectivity index (χ3n) is 5.17. The molecule has 2 heterocycles. The van der Waals surface area contributed by atoms with Gasteiger partial charge < -0.3 is 10.2 Å². The zero-order valence-corrected chi connectivity index (χ0v) is 15.6. The van der Waals surface area contributed by atoms with Crippen molar-refractivity contribution >= 4 is 11.8 Å². The molecule has 1 aliphatic heterocycles. The van der Waals surface area contributed by atoms with Gasteiger partial charge in [0.2, 0.25) is 5.91 Å². The number of benzene rings is 2. The summed E-state index contributed by atoms with van der Waals surface area (Å²) < 4.78 is 0. The Morgan fingerprint density at radius 2 is 1.71 bits per heavy atom. The minimum Gasteiger partial charge on any atom is -0.350 e. The van der Waals surface area contributed by atoms with Gasteiger partial charge in [-0.15, -0.1) is 0 Å². The molecule has 1 aromatic heterocycles. The highest BCUT2D eigenvalue weighted by molar-refractivity contribution is 6.01. The van der Waals surface area contributed by atoms with Crippen LogP contribution in [0.1, 0.15) is 39.1 Å². The minimum atomic E-state index is -0.495. The van der Waals surface area contributed by atoms with E-state index in [1.54, 1.807) is 24.2 Å². The van der Waals surface area contributed by atoms with Gasteiger partial charge in [0, 0.05) is 18.8 Å². The summed E-state index contributed by atoms with van der Waals surface area (Å²) in [5, 5.41) is 3.01. The predicted molar refractivity (Wildman–Crippen MR) is 107 cm³/mol. The number of carbonyl (C=O) groups is 2. The van der Waals surface area contributed by atoms with Gasteiger partial charge in [0.1, 0.15) is 0 Å². The minimum absolute atomic E-state index is 0.0711. The molecule has 0 fully saturated rings. The Balaban J connectivity index is 1.72. The molecule has 0 unspecified atom stereocenters. The van der Waals surface area contributed by atoms with Gasteiger partial charge in [-0.1, -0.05) is 54.6 Å². The maximum Gasteiger partial charge on any atom is 0.254 e. The van der Waals surface area contributed by atoms with Crippen molar-refractivity contribution < 1.29 is 9.59 Å². The number of nitrogens with one attached hydrogen (secondary N) is 1. The molecule has 2 amide bonds. The lowest BCUT2D eigenvalue weighted by Gasteiger charge is -2.39. The molecule has 3 aromatic rings. The average Bonchev–Trinajstić information content (AvgIpc) is 2.75. The van der Waals surface area contributed by atoms with Crippen molar-refractivity contribution in [3.8, 4) is 0 Å². The highest BCUT2D eigenvalue weighted by atomic mass is 16.2. The Morgan fingerprint density at radius 3 is 2.46 bits per heavy atom. The maximum atomic E-state index is 13.3. The van der Waals surface area contributed by atoms with E-state index in [-0.39, 0.29) is 17.9 Å². The van der Waals surface area contributed by atoms with E-state index in [4.69, 9.17) is 0 Å². The third kappa shape index (κ3) is 3.27. The normalized spacial score (nSPS) is 18.5. The van der Waals surface area contributed by atoms with Crippen LogP contribution in [0.4, 0.5) is 0 Å². The lowest BCUT2D eigenvalue weighted by atomic mass is 9.79. The molecule has 0 aliphatic carbocycles. The number of pyridine rings is 1. The standard InChI is InChI=1S/C23H21N3O2/c1-26-21(16-9-3-2-4-10-16)20(18-12-5-6-13-19(18)23(26)28)22(27)25-15-17-11-7-8-14-24-17/h2-14,20-21H,15H2,1H3,(H,25,27)/t20-,21+/m0/s1. The molecule has 1 aliphatic rings. The third-order valence-corrected chi connectivity index (χ3v) is 5.17. The van der Waals surface area contributed by atoms with Crippen LogP contribution in [-0.4, -0.2) is 28.7 Å². The van der Waals surface area contributed by atoms with E-state index >= 15 is 0 Å². The van der Waals surface area contributed by atoms with Crippen LogP contribution < -0.4 is 5.32 Å². The Bertz CT molecular complexity index is 989. The summed E-state index contributed by atoms with van der Waals surface area (Å²) in [6.07, 6.45) is 1.70. The van der Waals surface area contributed by atoms with Crippen molar-refractivity contribution in [3.63, 3.8) is 0 Å². The zero-order valence-electron chi connectivity index (χ0n) is 15.6. The summed E-state index contributed by atoms with van der Waals surface area (Å²) in [5.41, 5.74) is 3.07. The Labute approximate surface area is 164 Å². The van der Waals surface area contributed by atoms with Gasteiger partial charge in [-0.05, 0) is 29.3 Å². The molecule has 0 saturated carbocycles. The van der Waals surface area contributed by atoms with Crippen molar-refractivity contribution in [3.05, 3.63) is 101 Å². The number of nitrogens with zero attached hydrogens (tertiary/aromatic N) is 2. The number of carbonyl (C=O) groups excluding carboxylic acids is 2. The molecule has 2 aromatic carbocycles. The lowest BCUT2D eigenvalue weighted by Crippen LogP contribution is -2.45. The number of hydrogen-bond donors (Lipinski definition) is 1. The van der Waals surface area contributed by atoms with Gasteiger partial charge in [-0.2, -0.15) is 0 Å². The molecular formula is C23H21N3O2. The van der Waals surface area contributed by atoms with Gasteiger partial charge >= 0.3 is 0 Å². The fourth-order valence-corrected chi connectivity index (χ4v) is 3.81. The summed E-state index contributed by atoms with van der Waals surface area (Å²) >= 11 is 0. The number of fused-ring (bicyclic) bond motifs is 1. The van der Waals surface area contributed by atoms with Crippen LogP contribution in [0.3, 0.4) is 0 Å². The molecule has 28 heavy (non-hydrogen) atoms. The number of amides is 2. The number of likely N-dealkylation sites (N-methyl/N-ethyl adjacent to an activating group) is 1. The lowest BCUT2D eigenvalue weighted by molar-refractivity contribution is -0.124. The molecule has 0 spiro atoms. The second-order valence-corrected chi connectivity index (χ2v) is 6.88. The Hall–Kier alpha value is -3.47. The molecule has 5 nitrogen and oxygen atoms in total. The van der Waals surface area contributed by atoms with E-state index in [1.807, 2.05) is 66.7 Å². The smallest absolute Gasteiger partial charge is 0.254 e. The van der Waals surface area contributed by atoms with Gasteiger partial charge in [0.15, 0.2) is 0 Å². The molecule has 0 bridgehead atoms. The largest absolute Gasteiger partial charge is 0.350 e. The Morgan fingerprint density at radius 1 is 1.00 bits per heavy atom. The van der Waals surface area contributed by atoms with Gasteiger partial charge in [0.05, 0.1) is 24.2 Å². The van der Waals surface area contributed by atoms with Crippen molar-refractivity contribution in [1.29, 1.82) is 0 Å². The first-order valence-electron chi connectivity index (χ1n) is 9.25. The molecular weight excluding hydrogens is 350 g/mol. The maximum absolute atomic E-state index is 13.3. The van der Waals surface area contributed by atoms with Crippen molar-refractivity contribution in [2.75, 3.05) is 7.05 Å². The molecule has 0 saturated heterocycles. The Kier molecular flexibility index (Phi) is 4.89. The predicted octanol–water partition coefficient (Wildman–Crippen LogP) is 3.31. The van der Waals surface area contributed by atoms with E-state index in [2.05, 4.69) is 10.3 Å². The number of hydrogen-bond acceptors (Lipinski definition) is 3. The monoisotopic (exact) mass is 371 g/mol. The first-order chi connectivity index (χ1) is 13.7. The van der Waals surface area contributed by atoms with Crippen molar-refractivity contribution in [1.82, 2.24) is 15.2 Å². The van der Waals surface area contributed by atoms with E-state index in [1.165, 1.54) is 0 Å². The summed E-state index contributed by atoms with van der Waals surface area (Å²) in [7, 11) is 1.76. The zero-order chi connectivity index (χ0) is 19.5. The van der Waals surface area contributed by atoms with Crippen LogP contribution in [0.25, 0.3) is 0 Å².